The highest BCUT2D eigenvalue weighted by molar-refractivity contribution is 7.87. The number of carboxylic acids is 1. The molecule has 1 atom stereocenters. The molecule has 0 aromatic carbocycles. The number of carbonyl (C=O) groups is 3. The first-order chi connectivity index (χ1) is 16.2. The number of carbonyl (C=O) groups excluding carboxylic acids is 2. The molecule has 0 unspecified atom stereocenters. The summed E-state index contributed by atoms with van der Waals surface area (Å²) in [5.74, 6) is -3.10. The van der Waals surface area contributed by atoms with Crippen molar-refractivity contribution in [2.45, 2.75) is 108 Å². The minimum Gasteiger partial charge on any atom is -0.480 e. The van der Waals surface area contributed by atoms with Crippen LogP contribution in [0, 0.1) is 0 Å². The second kappa shape index (κ2) is 20.4. The summed E-state index contributed by atoms with van der Waals surface area (Å²) in [6.45, 7) is 2.06. The van der Waals surface area contributed by atoms with E-state index in [0.717, 1.165) is 38.5 Å². The number of ether oxygens (including phenoxy) is 1. The summed E-state index contributed by atoms with van der Waals surface area (Å²) in [5, 5.41) is 9.04. The molecule has 0 radical (unpaired) electrons. The lowest BCUT2D eigenvalue weighted by Gasteiger charge is -2.10. The molecule has 3 N–H and O–H groups in total. The van der Waals surface area contributed by atoms with Crippen LogP contribution < -0.4 is 5.32 Å². The van der Waals surface area contributed by atoms with Crippen LogP contribution in [0.4, 0.5) is 0 Å². The van der Waals surface area contributed by atoms with Crippen LogP contribution in [-0.4, -0.2) is 54.3 Å². The Bertz CT molecular complexity index is 706. The van der Waals surface area contributed by atoms with Crippen LogP contribution >= 0.6 is 0 Å². The molecule has 0 aromatic rings. The standard InChI is InChI=1S/C24H43NO8S/c1-2-3-4-5-6-7-8-9-10-11-12-13-14-15-16-17-22(26)25-18-19-33-23(27)20-21(24(28)29)34(30,31)32/h9-10,21H,2-8,11-20H2,1H3,(H,25,26)(H,28,29)(H,30,31,32)/b10-9+/t21-/m0/s1. The summed E-state index contributed by atoms with van der Waals surface area (Å²) in [5.41, 5.74) is 0. The maximum Gasteiger partial charge on any atom is 0.325 e. The minimum absolute atomic E-state index is 0.0409. The zero-order valence-electron chi connectivity index (χ0n) is 20.5. The lowest BCUT2D eigenvalue weighted by Crippen LogP contribution is -2.33. The molecule has 0 aliphatic carbocycles. The van der Waals surface area contributed by atoms with Crippen LogP contribution in [-0.2, 0) is 29.2 Å². The van der Waals surface area contributed by atoms with Crippen LogP contribution in [0.15, 0.2) is 12.2 Å². The second-order valence-corrected chi connectivity index (χ2v) is 10.0. The molecule has 0 fully saturated rings. The lowest BCUT2D eigenvalue weighted by molar-refractivity contribution is -0.147. The highest BCUT2D eigenvalue weighted by Crippen LogP contribution is 2.10. The molecular formula is C24H43NO8S. The van der Waals surface area contributed by atoms with Crippen molar-refractivity contribution < 1.29 is 37.2 Å². The first kappa shape index (κ1) is 32.1. The Morgan fingerprint density at radius 3 is 1.94 bits per heavy atom. The van der Waals surface area contributed by atoms with E-state index in [9.17, 15) is 22.8 Å². The molecule has 0 bridgehead atoms. The first-order valence-corrected chi connectivity index (χ1v) is 13.9. The summed E-state index contributed by atoms with van der Waals surface area (Å²) in [7, 11) is -4.91. The number of rotatable bonds is 22. The zero-order chi connectivity index (χ0) is 25.7. The van der Waals surface area contributed by atoms with Gasteiger partial charge in [-0.05, 0) is 32.1 Å². The van der Waals surface area contributed by atoms with Crippen molar-refractivity contribution in [3.05, 3.63) is 12.2 Å². The van der Waals surface area contributed by atoms with Crippen LogP contribution in [0.3, 0.4) is 0 Å². The number of esters is 1. The number of amides is 1. The van der Waals surface area contributed by atoms with Gasteiger partial charge in [-0.2, -0.15) is 8.42 Å². The third kappa shape index (κ3) is 19.5. The van der Waals surface area contributed by atoms with Gasteiger partial charge in [-0.3, -0.25) is 18.9 Å². The third-order valence-electron chi connectivity index (χ3n) is 5.34. The van der Waals surface area contributed by atoms with Crippen molar-refractivity contribution in [2.75, 3.05) is 13.2 Å². The number of hydrogen-bond donors (Lipinski definition) is 3. The van der Waals surface area contributed by atoms with Gasteiger partial charge in [0.2, 0.25) is 5.91 Å². The van der Waals surface area contributed by atoms with Crippen molar-refractivity contribution in [3.63, 3.8) is 0 Å². The second-order valence-electron chi connectivity index (χ2n) is 8.45. The van der Waals surface area contributed by atoms with Crippen LogP contribution in [0.1, 0.15) is 103 Å². The van der Waals surface area contributed by atoms with E-state index >= 15 is 0 Å². The fourth-order valence-electron chi connectivity index (χ4n) is 3.33. The van der Waals surface area contributed by atoms with E-state index < -0.39 is 33.7 Å². The molecule has 0 aliphatic rings. The molecule has 0 heterocycles. The fourth-order valence-corrected chi connectivity index (χ4v) is 3.93. The van der Waals surface area contributed by atoms with E-state index in [1.54, 1.807) is 0 Å². The van der Waals surface area contributed by atoms with Crippen molar-refractivity contribution in [3.8, 4) is 0 Å². The Hall–Kier alpha value is -1.94. The normalized spacial score (nSPS) is 12.5. The van der Waals surface area contributed by atoms with Gasteiger partial charge in [0.15, 0.2) is 5.25 Å². The zero-order valence-corrected chi connectivity index (χ0v) is 21.3. The van der Waals surface area contributed by atoms with Gasteiger partial charge in [0.05, 0.1) is 13.0 Å². The molecule has 0 saturated carbocycles. The Labute approximate surface area is 204 Å². The molecule has 0 aliphatic heterocycles. The molecule has 34 heavy (non-hydrogen) atoms. The smallest absolute Gasteiger partial charge is 0.325 e. The van der Waals surface area contributed by atoms with Gasteiger partial charge >= 0.3 is 11.9 Å². The molecule has 0 rings (SSSR count). The summed E-state index contributed by atoms with van der Waals surface area (Å²) in [6.07, 6.45) is 19.3. The fraction of sp³-hybridized carbons (Fsp3) is 0.792. The Morgan fingerprint density at radius 1 is 0.882 bits per heavy atom. The number of unbranched alkanes of at least 4 members (excludes halogenated alkanes) is 11. The SMILES string of the molecule is CCCCCCCC/C=C/CCCCCCCC(=O)NCCOC(=O)C[C@@H](C(=O)O)S(=O)(=O)O. The van der Waals surface area contributed by atoms with Crippen molar-refractivity contribution >= 4 is 28.0 Å². The van der Waals surface area contributed by atoms with Crippen molar-refractivity contribution in [1.82, 2.24) is 5.32 Å². The van der Waals surface area contributed by atoms with Gasteiger partial charge in [0, 0.05) is 6.42 Å². The van der Waals surface area contributed by atoms with E-state index in [0.29, 0.717) is 6.42 Å². The highest BCUT2D eigenvalue weighted by Gasteiger charge is 2.33. The first-order valence-electron chi connectivity index (χ1n) is 12.4. The van der Waals surface area contributed by atoms with Crippen LogP contribution in [0.2, 0.25) is 0 Å². The molecule has 0 aromatic heterocycles. The number of aliphatic carboxylic acids is 1. The monoisotopic (exact) mass is 505 g/mol. The number of hydrogen-bond acceptors (Lipinski definition) is 6. The summed E-state index contributed by atoms with van der Waals surface area (Å²) < 4.78 is 35.3. The molecule has 0 saturated heterocycles. The van der Waals surface area contributed by atoms with E-state index in [-0.39, 0.29) is 19.1 Å². The quantitative estimate of drug-likeness (QED) is 0.0848. The average Bonchev–Trinajstić information content (AvgIpc) is 2.76. The number of nitrogens with one attached hydrogen (secondary N) is 1. The van der Waals surface area contributed by atoms with Crippen LogP contribution in [0.25, 0.3) is 0 Å². The van der Waals surface area contributed by atoms with E-state index in [2.05, 4.69) is 24.4 Å². The van der Waals surface area contributed by atoms with Gasteiger partial charge in [-0.15, -0.1) is 0 Å². The predicted octanol–water partition coefficient (Wildman–Crippen LogP) is 4.41. The Morgan fingerprint density at radius 2 is 1.41 bits per heavy atom. The Kier molecular flexibility index (Phi) is 19.3. The van der Waals surface area contributed by atoms with Gasteiger partial charge in [-0.1, -0.05) is 70.4 Å². The predicted molar refractivity (Wildman–Crippen MR) is 131 cm³/mol. The maximum atomic E-state index is 11.8. The summed E-state index contributed by atoms with van der Waals surface area (Å²) >= 11 is 0. The highest BCUT2D eigenvalue weighted by atomic mass is 32.2. The van der Waals surface area contributed by atoms with E-state index in [1.165, 1.54) is 44.9 Å². The summed E-state index contributed by atoms with van der Waals surface area (Å²) in [6, 6.07) is 0. The summed E-state index contributed by atoms with van der Waals surface area (Å²) in [4.78, 5) is 34.0. The van der Waals surface area contributed by atoms with E-state index in [1.807, 2.05) is 0 Å². The molecule has 198 valence electrons. The van der Waals surface area contributed by atoms with Gasteiger partial charge in [-0.25, -0.2) is 0 Å². The molecule has 0 spiro atoms. The Balaban J connectivity index is 3.59. The van der Waals surface area contributed by atoms with E-state index in [4.69, 9.17) is 14.4 Å². The molecule has 10 heteroatoms. The maximum absolute atomic E-state index is 11.8. The number of carboxylic acid groups (broad SMARTS) is 1. The molecule has 1 amide bonds. The third-order valence-corrected chi connectivity index (χ3v) is 6.43. The van der Waals surface area contributed by atoms with Gasteiger partial charge in [0.1, 0.15) is 6.61 Å². The lowest BCUT2D eigenvalue weighted by atomic mass is 10.1. The van der Waals surface area contributed by atoms with Crippen molar-refractivity contribution in [2.24, 2.45) is 0 Å². The largest absolute Gasteiger partial charge is 0.480 e. The minimum atomic E-state index is -4.91. The van der Waals surface area contributed by atoms with Crippen molar-refractivity contribution in [1.29, 1.82) is 0 Å². The van der Waals surface area contributed by atoms with Crippen LogP contribution in [0.5, 0.6) is 0 Å². The number of allylic oxidation sites excluding steroid dienone is 2. The average molecular weight is 506 g/mol. The van der Waals surface area contributed by atoms with Gasteiger partial charge < -0.3 is 15.2 Å². The molecule has 9 nitrogen and oxygen atoms in total. The topological polar surface area (TPSA) is 147 Å². The molecular weight excluding hydrogens is 462 g/mol. The van der Waals surface area contributed by atoms with Gasteiger partial charge in [0.25, 0.3) is 10.1 Å².